The zero-order valence-corrected chi connectivity index (χ0v) is 17.5. The lowest BCUT2D eigenvalue weighted by Crippen LogP contribution is -2.28. The summed E-state index contributed by atoms with van der Waals surface area (Å²) >= 11 is 0. The zero-order valence-electron chi connectivity index (χ0n) is 17.5. The van der Waals surface area contributed by atoms with Gasteiger partial charge in [-0.2, -0.15) is 0 Å². The van der Waals surface area contributed by atoms with Crippen molar-refractivity contribution in [2.45, 2.75) is 20.0 Å². The SMILES string of the molecule is CCOc1ccc(/C=C/C(=O)N(Cc2ccccc2)Cc2ccccc2)cc1OC. The van der Waals surface area contributed by atoms with Gasteiger partial charge in [-0.05, 0) is 41.8 Å². The van der Waals surface area contributed by atoms with Crippen molar-refractivity contribution >= 4 is 12.0 Å². The van der Waals surface area contributed by atoms with Crippen LogP contribution >= 0.6 is 0 Å². The normalized spacial score (nSPS) is 10.7. The van der Waals surface area contributed by atoms with Gasteiger partial charge < -0.3 is 14.4 Å². The van der Waals surface area contributed by atoms with E-state index >= 15 is 0 Å². The highest BCUT2D eigenvalue weighted by molar-refractivity contribution is 5.91. The highest BCUT2D eigenvalue weighted by atomic mass is 16.5. The Morgan fingerprint density at radius 1 is 0.867 bits per heavy atom. The Hall–Kier alpha value is -3.53. The number of carbonyl (C=O) groups excluding carboxylic acids is 1. The number of hydrogen-bond donors (Lipinski definition) is 0. The third-order valence-corrected chi connectivity index (χ3v) is 4.65. The number of methoxy groups -OCH3 is 1. The van der Waals surface area contributed by atoms with Gasteiger partial charge in [0.15, 0.2) is 11.5 Å². The summed E-state index contributed by atoms with van der Waals surface area (Å²) in [5, 5.41) is 0. The topological polar surface area (TPSA) is 38.8 Å². The molecule has 1 amide bonds. The molecule has 0 saturated carbocycles. The third kappa shape index (κ3) is 5.98. The quantitative estimate of drug-likeness (QED) is 0.455. The molecule has 0 heterocycles. The zero-order chi connectivity index (χ0) is 21.2. The first-order valence-corrected chi connectivity index (χ1v) is 10.0. The predicted octanol–water partition coefficient (Wildman–Crippen LogP) is 5.34. The molecule has 0 aliphatic rings. The second-order valence-electron chi connectivity index (χ2n) is 6.84. The number of nitrogens with zero attached hydrogens (tertiary/aromatic N) is 1. The van der Waals surface area contributed by atoms with E-state index in [2.05, 4.69) is 0 Å². The Kier molecular flexibility index (Phi) is 7.67. The minimum Gasteiger partial charge on any atom is -0.493 e. The van der Waals surface area contributed by atoms with Crippen molar-refractivity contribution < 1.29 is 14.3 Å². The number of rotatable bonds is 9. The number of hydrogen-bond acceptors (Lipinski definition) is 3. The maximum absolute atomic E-state index is 13.0. The summed E-state index contributed by atoms with van der Waals surface area (Å²) in [5.74, 6) is 1.30. The minimum atomic E-state index is -0.0458. The van der Waals surface area contributed by atoms with E-state index in [1.165, 1.54) is 0 Å². The fourth-order valence-electron chi connectivity index (χ4n) is 3.15. The number of carbonyl (C=O) groups is 1. The van der Waals surface area contributed by atoms with Crippen molar-refractivity contribution in [1.29, 1.82) is 0 Å². The summed E-state index contributed by atoms with van der Waals surface area (Å²) in [5.41, 5.74) is 3.07. The van der Waals surface area contributed by atoms with Crippen LogP contribution in [0.25, 0.3) is 6.08 Å². The van der Waals surface area contributed by atoms with Gasteiger partial charge in [-0.15, -0.1) is 0 Å². The monoisotopic (exact) mass is 401 g/mol. The van der Waals surface area contributed by atoms with Crippen molar-refractivity contribution in [3.05, 3.63) is 102 Å². The molecule has 3 rings (SSSR count). The molecule has 4 nitrogen and oxygen atoms in total. The van der Waals surface area contributed by atoms with Crippen LogP contribution in [0.2, 0.25) is 0 Å². The Morgan fingerprint density at radius 2 is 1.47 bits per heavy atom. The van der Waals surface area contributed by atoms with Crippen LogP contribution in [0.1, 0.15) is 23.6 Å². The summed E-state index contributed by atoms with van der Waals surface area (Å²) in [4.78, 5) is 14.9. The average Bonchev–Trinajstić information content (AvgIpc) is 2.79. The summed E-state index contributed by atoms with van der Waals surface area (Å²) in [7, 11) is 1.61. The van der Waals surface area contributed by atoms with Gasteiger partial charge in [0.05, 0.1) is 13.7 Å². The van der Waals surface area contributed by atoms with E-state index in [-0.39, 0.29) is 5.91 Å². The lowest BCUT2D eigenvalue weighted by atomic mass is 10.1. The summed E-state index contributed by atoms with van der Waals surface area (Å²) in [6.45, 7) is 3.59. The van der Waals surface area contributed by atoms with Crippen molar-refractivity contribution in [1.82, 2.24) is 4.90 Å². The third-order valence-electron chi connectivity index (χ3n) is 4.65. The van der Waals surface area contributed by atoms with Crippen LogP contribution in [0.5, 0.6) is 11.5 Å². The van der Waals surface area contributed by atoms with Gasteiger partial charge in [-0.3, -0.25) is 4.79 Å². The highest BCUT2D eigenvalue weighted by Crippen LogP contribution is 2.28. The van der Waals surface area contributed by atoms with Gasteiger partial charge in [0.1, 0.15) is 0 Å². The molecule has 0 aliphatic carbocycles. The molecule has 0 atom stereocenters. The predicted molar refractivity (Wildman–Crippen MR) is 120 cm³/mol. The van der Waals surface area contributed by atoms with Crippen molar-refractivity contribution in [2.24, 2.45) is 0 Å². The van der Waals surface area contributed by atoms with E-state index in [1.807, 2.05) is 96.8 Å². The molecule has 0 N–H and O–H groups in total. The number of benzene rings is 3. The van der Waals surface area contributed by atoms with Gasteiger partial charge in [-0.25, -0.2) is 0 Å². The van der Waals surface area contributed by atoms with Crippen molar-refractivity contribution in [2.75, 3.05) is 13.7 Å². The Labute approximate surface area is 178 Å². The van der Waals surface area contributed by atoms with E-state index in [1.54, 1.807) is 13.2 Å². The smallest absolute Gasteiger partial charge is 0.247 e. The highest BCUT2D eigenvalue weighted by Gasteiger charge is 2.12. The molecular formula is C26H27NO3. The van der Waals surface area contributed by atoms with E-state index in [4.69, 9.17) is 9.47 Å². The van der Waals surface area contributed by atoms with Crippen molar-refractivity contribution in [3.8, 4) is 11.5 Å². The maximum Gasteiger partial charge on any atom is 0.247 e. The summed E-state index contributed by atoms with van der Waals surface area (Å²) < 4.78 is 11.0. The molecule has 0 aliphatic heterocycles. The molecule has 3 aromatic carbocycles. The maximum atomic E-state index is 13.0. The van der Waals surface area contributed by atoms with E-state index in [0.29, 0.717) is 31.2 Å². The first kappa shape index (κ1) is 21.2. The first-order valence-electron chi connectivity index (χ1n) is 10.0. The van der Waals surface area contributed by atoms with Crippen LogP contribution in [0.3, 0.4) is 0 Å². The molecule has 3 aromatic rings. The molecule has 0 saturated heterocycles. The molecule has 4 heteroatoms. The largest absolute Gasteiger partial charge is 0.493 e. The molecule has 154 valence electrons. The fourth-order valence-corrected chi connectivity index (χ4v) is 3.15. The molecule has 0 fully saturated rings. The average molecular weight is 402 g/mol. The van der Waals surface area contributed by atoms with Crippen LogP contribution in [-0.4, -0.2) is 24.5 Å². The lowest BCUT2D eigenvalue weighted by Gasteiger charge is -2.21. The Bertz CT molecular complexity index is 927. The van der Waals surface area contributed by atoms with Crippen LogP contribution < -0.4 is 9.47 Å². The van der Waals surface area contributed by atoms with Gasteiger partial charge >= 0.3 is 0 Å². The van der Waals surface area contributed by atoms with E-state index in [0.717, 1.165) is 16.7 Å². The minimum absolute atomic E-state index is 0.0458. The summed E-state index contributed by atoms with van der Waals surface area (Å²) in [6.07, 6.45) is 3.42. The van der Waals surface area contributed by atoms with Crippen LogP contribution in [0, 0.1) is 0 Å². The molecule has 0 spiro atoms. The molecule has 0 aromatic heterocycles. The molecule has 0 unspecified atom stereocenters. The van der Waals surface area contributed by atoms with E-state index < -0.39 is 0 Å². The molecular weight excluding hydrogens is 374 g/mol. The summed E-state index contributed by atoms with van der Waals surface area (Å²) in [6, 6.07) is 25.7. The Balaban J connectivity index is 1.78. The van der Waals surface area contributed by atoms with Crippen LogP contribution in [0.4, 0.5) is 0 Å². The van der Waals surface area contributed by atoms with Gasteiger partial charge in [0.25, 0.3) is 0 Å². The molecule has 30 heavy (non-hydrogen) atoms. The van der Waals surface area contributed by atoms with Gasteiger partial charge in [0, 0.05) is 19.2 Å². The van der Waals surface area contributed by atoms with Gasteiger partial charge in [-0.1, -0.05) is 66.7 Å². The van der Waals surface area contributed by atoms with Crippen molar-refractivity contribution in [3.63, 3.8) is 0 Å². The first-order chi connectivity index (χ1) is 14.7. The number of amides is 1. The fraction of sp³-hybridized carbons (Fsp3) is 0.192. The Morgan fingerprint density at radius 3 is 2.00 bits per heavy atom. The second kappa shape index (κ2) is 10.9. The standard InChI is InChI=1S/C26H27NO3/c1-3-30-24-16-14-21(18-25(24)29-2)15-17-26(28)27(19-22-10-6-4-7-11-22)20-23-12-8-5-9-13-23/h4-18H,3,19-20H2,1-2H3/b17-15+. The molecule has 0 bridgehead atoms. The number of ether oxygens (including phenoxy) is 2. The van der Waals surface area contributed by atoms with Crippen LogP contribution in [-0.2, 0) is 17.9 Å². The molecule has 0 radical (unpaired) electrons. The van der Waals surface area contributed by atoms with E-state index in [9.17, 15) is 4.79 Å². The van der Waals surface area contributed by atoms with Crippen LogP contribution in [0.15, 0.2) is 84.9 Å². The lowest BCUT2D eigenvalue weighted by molar-refractivity contribution is -0.127. The van der Waals surface area contributed by atoms with Gasteiger partial charge in [0.2, 0.25) is 5.91 Å². The second-order valence-corrected chi connectivity index (χ2v) is 6.84.